The van der Waals surface area contributed by atoms with Crippen LogP contribution in [0.25, 0.3) is 0 Å². The largest absolute Gasteiger partial charge is 0.319 e. The number of benzene rings is 1. The van der Waals surface area contributed by atoms with Crippen LogP contribution in [-0.2, 0) is 0 Å². The van der Waals surface area contributed by atoms with E-state index < -0.39 is 0 Å². The zero-order chi connectivity index (χ0) is 10.7. The number of nitrogens with zero attached hydrogens (tertiary/aromatic N) is 1. The quantitative estimate of drug-likeness (QED) is 0.796. The Morgan fingerprint density at radius 1 is 1.20 bits per heavy atom. The normalized spacial score (nSPS) is 22.7. The van der Waals surface area contributed by atoms with Crippen LogP contribution in [0.1, 0.15) is 31.7 Å². The number of piperidine rings is 1. The lowest BCUT2D eigenvalue weighted by Crippen LogP contribution is -2.41. The van der Waals surface area contributed by atoms with Crippen molar-refractivity contribution in [3.63, 3.8) is 0 Å². The van der Waals surface area contributed by atoms with Crippen molar-refractivity contribution in [3.05, 3.63) is 29.8 Å². The van der Waals surface area contributed by atoms with E-state index in [1.54, 1.807) is 0 Å². The molecule has 0 bridgehead atoms. The van der Waals surface area contributed by atoms with E-state index in [4.69, 9.17) is 0 Å². The molecule has 1 fully saturated rings. The Kier molecular flexibility index (Phi) is 3.27. The molecule has 1 heterocycles. The van der Waals surface area contributed by atoms with Gasteiger partial charge in [0.1, 0.15) is 0 Å². The fraction of sp³-hybridized carbons (Fsp3) is 0.538. The number of aryl methyl sites for hydroxylation is 1. The molecule has 0 amide bonds. The second-order valence-electron chi connectivity index (χ2n) is 4.52. The van der Waals surface area contributed by atoms with Gasteiger partial charge in [-0.05, 0) is 38.8 Å². The van der Waals surface area contributed by atoms with Gasteiger partial charge in [-0.2, -0.15) is 0 Å². The molecule has 0 aromatic heterocycles. The molecule has 2 nitrogen and oxygen atoms in total. The van der Waals surface area contributed by atoms with Gasteiger partial charge in [-0.25, -0.2) is 5.01 Å². The number of nitrogens with one attached hydrogen (secondary N) is 1. The molecule has 1 aliphatic heterocycles. The first-order valence-corrected chi connectivity index (χ1v) is 5.85. The summed E-state index contributed by atoms with van der Waals surface area (Å²) in [5, 5.41) is 2.36. The SMILES string of the molecule is Cc1ccc(NN2CCCCC2C)cc1. The molecule has 0 radical (unpaired) electrons. The zero-order valence-corrected chi connectivity index (χ0v) is 9.66. The van der Waals surface area contributed by atoms with Crippen LogP contribution in [0.3, 0.4) is 0 Å². The van der Waals surface area contributed by atoms with E-state index in [2.05, 4.69) is 48.5 Å². The number of hydrazine groups is 1. The summed E-state index contributed by atoms with van der Waals surface area (Å²) in [6.07, 6.45) is 3.98. The summed E-state index contributed by atoms with van der Waals surface area (Å²) in [7, 11) is 0. The molecule has 1 aliphatic rings. The van der Waals surface area contributed by atoms with Gasteiger partial charge in [0.2, 0.25) is 0 Å². The summed E-state index contributed by atoms with van der Waals surface area (Å²) < 4.78 is 0. The number of hydrogen-bond donors (Lipinski definition) is 1. The molecule has 82 valence electrons. The van der Waals surface area contributed by atoms with Gasteiger partial charge in [-0.3, -0.25) is 0 Å². The van der Waals surface area contributed by atoms with E-state index in [1.165, 1.54) is 30.5 Å². The van der Waals surface area contributed by atoms with E-state index in [9.17, 15) is 0 Å². The van der Waals surface area contributed by atoms with Crippen LogP contribution >= 0.6 is 0 Å². The average molecular weight is 204 g/mol. The van der Waals surface area contributed by atoms with Gasteiger partial charge in [0.25, 0.3) is 0 Å². The minimum Gasteiger partial charge on any atom is -0.319 e. The van der Waals surface area contributed by atoms with Crippen molar-refractivity contribution in [2.45, 2.75) is 39.2 Å². The Morgan fingerprint density at radius 3 is 2.60 bits per heavy atom. The first kappa shape index (κ1) is 10.5. The van der Waals surface area contributed by atoms with E-state index in [-0.39, 0.29) is 0 Å². The molecule has 1 aromatic rings. The van der Waals surface area contributed by atoms with Crippen LogP contribution in [0.15, 0.2) is 24.3 Å². The van der Waals surface area contributed by atoms with Gasteiger partial charge >= 0.3 is 0 Å². The fourth-order valence-corrected chi connectivity index (χ4v) is 2.06. The van der Waals surface area contributed by atoms with E-state index in [0.29, 0.717) is 6.04 Å². The first-order chi connectivity index (χ1) is 7.25. The van der Waals surface area contributed by atoms with Gasteiger partial charge in [-0.1, -0.05) is 24.1 Å². The third-order valence-corrected chi connectivity index (χ3v) is 3.13. The van der Waals surface area contributed by atoms with Crippen LogP contribution in [-0.4, -0.2) is 17.6 Å². The molecule has 1 atom stereocenters. The van der Waals surface area contributed by atoms with Gasteiger partial charge < -0.3 is 5.43 Å². The van der Waals surface area contributed by atoms with E-state index >= 15 is 0 Å². The standard InChI is InChI=1S/C13H20N2/c1-11-6-8-13(9-7-11)14-15-10-4-3-5-12(15)2/h6-9,12,14H,3-5,10H2,1-2H3. The molecule has 1 saturated heterocycles. The summed E-state index contributed by atoms with van der Waals surface area (Å²) in [5.74, 6) is 0. The first-order valence-electron chi connectivity index (χ1n) is 5.85. The van der Waals surface area contributed by atoms with E-state index in [1.807, 2.05) is 0 Å². The molecule has 1 unspecified atom stereocenters. The van der Waals surface area contributed by atoms with Crippen molar-refractivity contribution in [1.29, 1.82) is 0 Å². The van der Waals surface area contributed by atoms with Gasteiger partial charge in [0, 0.05) is 18.3 Å². The molecular formula is C13H20N2. The lowest BCUT2D eigenvalue weighted by Gasteiger charge is -2.34. The molecule has 0 spiro atoms. The van der Waals surface area contributed by atoms with Gasteiger partial charge in [0.15, 0.2) is 0 Å². The Labute approximate surface area is 92.3 Å². The summed E-state index contributed by atoms with van der Waals surface area (Å²) in [5.41, 5.74) is 6.01. The summed E-state index contributed by atoms with van der Waals surface area (Å²) in [4.78, 5) is 0. The number of anilines is 1. The maximum Gasteiger partial charge on any atom is 0.0490 e. The Balaban J connectivity index is 1.98. The summed E-state index contributed by atoms with van der Waals surface area (Å²) in [6, 6.07) is 9.25. The van der Waals surface area contributed by atoms with Crippen LogP contribution in [0, 0.1) is 6.92 Å². The summed E-state index contributed by atoms with van der Waals surface area (Å²) >= 11 is 0. The zero-order valence-electron chi connectivity index (χ0n) is 9.66. The fourth-order valence-electron chi connectivity index (χ4n) is 2.06. The lowest BCUT2D eigenvalue weighted by atomic mass is 10.1. The van der Waals surface area contributed by atoms with Crippen molar-refractivity contribution < 1.29 is 0 Å². The highest BCUT2D eigenvalue weighted by Crippen LogP contribution is 2.18. The third-order valence-electron chi connectivity index (χ3n) is 3.13. The van der Waals surface area contributed by atoms with Crippen LogP contribution < -0.4 is 5.43 Å². The monoisotopic (exact) mass is 204 g/mol. The molecular weight excluding hydrogens is 184 g/mol. The molecule has 0 aliphatic carbocycles. The second-order valence-corrected chi connectivity index (χ2v) is 4.52. The Bertz CT molecular complexity index is 305. The smallest absolute Gasteiger partial charge is 0.0490 e. The predicted octanol–water partition coefficient (Wildman–Crippen LogP) is 3.20. The van der Waals surface area contributed by atoms with Crippen molar-refractivity contribution in [2.75, 3.05) is 12.0 Å². The van der Waals surface area contributed by atoms with Gasteiger partial charge in [-0.15, -0.1) is 0 Å². The number of rotatable bonds is 2. The minimum atomic E-state index is 0.653. The molecule has 0 saturated carbocycles. The molecule has 15 heavy (non-hydrogen) atoms. The van der Waals surface area contributed by atoms with Crippen molar-refractivity contribution in [2.24, 2.45) is 0 Å². The van der Waals surface area contributed by atoms with Crippen LogP contribution in [0.2, 0.25) is 0 Å². The van der Waals surface area contributed by atoms with Crippen LogP contribution in [0.5, 0.6) is 0 Å². The molecule has 2 heteroatoms. The highest BCUT2D eigenvalue weighted by atomic mass is 15.5. The summed E-state index contributed by atoms with van der Waals surface area (Å²) in [6.45, 7) is 5.57. The van der Waals surface area contributed by atoms with Crippen molar-refractivity contribution in [1.82, 2.24) is 5.01 Å². The van der Waals surface area contributed by atoms with Gasteiger partial charge in [0.05, 0.1) is 0 Å². The van der Waals surface area contributed by atoms with Crippen LogP contribution in [0.4, 0.5) is 5.69 Å². The Hall–Kier alpha value is -1.02. The predicted molar refractivity (Wildman–Crippen MR) is 64.8 cm³/mol. The maximum absolute atomic E-state index is 3.49. The minimum absolute atomic E-state index is 0.653. The average Bonchev–Trinajstić information content (AvgIpc) is 2.25. The van der Waals surface area contributed by atoms with Crippen molar-refractivity contribution >= 4 is 5.69 Å². The molecule has 1 N–H and O–H groups in total. The van der Waals surface area contributed by atoms with Crippen molar-refractivity contribution in [3.8, 4) is 0 Å². The third kappa shape index (κ3) is 2.72. The highest BCUT2D eigenvalue weighted by Gasteiger charge is 2.17. The molecule has 1 aromatic carbocycles. The lowest BCUT2D eigenvalue weighted by molar-refractivity contribution is 0.197. The topological polar surface area (TPSA) is 15.3 Å². The maximum atomic E-state index is 3.49. The highest BCUT2D eigenvalue weighted by molar-refractivity contribution is 5.43. The second kappa shape index (κ2) is 4.67. The van der Waals surface area contributed by atoms with E-state index in [0.717, 1.165) is 6.54 Å². The molecule has 2 rings (SSSR count). The number of hydrogen-bond acceptors (Lipinski definition) is 2. The Morgan fingerprint density at radius 2 is 1.93 bits per heavy atom.